The van der Waals surface area contributed by atoms with Gasteiger partial charge in [0.1, 0.15) is 0 Å². The first-order valence-corrected chi connectivity index (χ1v) is 20.3. The molecule has 3 nitrogen and oxygen atoms in total. The van der Waals surface area contributed by atoms with Crippen molar-refractivity contribution >= 4 is 11.8 Å². The van der Waals surface area contributed by atoms with Crippen LogP contribution >= 0.6 is 11.8 Å². The Hall–Kier alpha value is -7.32. The number of rotatable bonds is 5. The Balaban J connectivity index is 1.06. The molecule has 2 aliphatic rings. The molecular formula is C54H33N3S. The van der Waals surface area contributed by atoms with E-state index in [1.165, 1.54) is 32.0 Å². The summed E-state index contributed by atoms with van der Waals surface area (Å²) in [6.07, 6.45) is 0. The van der Waals surface area contributed by atoms with Crippen LogP contribution in [0.3, 0.4) is 0 Å². The lowest BCUT2D eigenvalue weighted by Gasteiger charge is -2.39. The van der Waals surface area contributed by atoms with Crippen molar-refractivity contribution in [2.75, 3.05) is 0 Å². The van der Waals surface area contributed by atoms with E-state index in [2.05, 4.69) is 176 Å². The summed E-state index contributed by atoms with van der Waals surface area (Å²) < 4.78 is 0. The van der Waals surface area contributed by atoms with Gasteiger partial charge < -0.3 is 0 Å². The van der Waals surface area contributed by atoms with Crippen LogP contribution < -0.4 is 0 Å². The van der Waals surface area contributed by atoms with Crippen LogP contribution in [0.25, 0.3) is 67.3 Å². The van der Waals surface area contributed by atoms with Gasteiger partial charge in [-0.25, -0.2) is 9.97 Å². The first-order valence-electron chi connectivity index (χ1n) is 19.4. The zero-order valence-electron chi connectivity index (χ0n) is 31.3. The van der Waals surface area contributed by atoms with Crippen molar-refractivity contribution in [2.24, 2.45) is 0 Å². The fourth-order valence-corrected chi connectivity index (χ4v) is 10.2. The van der Waals surface area contributed by atoms with Gasteiger partial charge in [0.05, 0.1) is 28.4 Å². The van der Waals surface area contributed by atoms with Gasteiger partial charge in [0, 0.05) is 26.5 Å². The molecule has 9 aromatic rings. The smallest absolute Gasteiger partial charge is 0.160 e. The van der Waals surface area contributed by atoms with E-state index in [1.54, 1.807) is 0 Å². The lowest BCUT2D eigenvalue weighted by Crippen LogP contribution is -2.31. The summed E-state index contributed by atoms with van der Waals surface area (Å²) in [6, 6.07) is 73.1. The van der Waals surface area contributed by atoms with Crippen molar-refractivity contribution in [1.82, 2.24) is 9.97 Å². The zero-order chi connectivity index (χ0) is 38.6. The van der Waals surface area contributed by atoms with E-state index in [4.69, 9.17) is 9.97 Å². The van der Waals surface area contributed by atoms with Crippen LogP contribution in [-0.2, 0) is 5.41 Å². The summed E-state index contributed by atoms with van der Waals surface area (Å²) in [4.78, 5) is 12.9. The Morgan fingerprint density at radius 1 is 0.379 bits per heavy atom. The molecule has 4 heteroatoms. The number of aromatic nitrogens is 2. The molecule has 1 aromatic heterocycles. The Labute approximate surface area is 342 Å². The second-order valence-corrected chi connectivity index (χ2v) is 15.9. The molecule has 0 fully saturated rings. The van der Waals surface area contributed by atoms with Gasteiger partial charge in [0.2, 0.25) is 0 Å². The SMILES string of the molecule is N#Cc1ccc2c(c1)-c1cc(-c3cccc(-c4nc(-c5ccccc5)cc(-c5cccc(-c6ccccc6)c5)n4)c3)ccc1C21c2ccccc2Sc2ccccc21. The number of benzene rings is 8. The molecule has 1 spiro atoms. The molecule has 0 radical (unpaired) electrons. The third kappa shape index (κ3) is 5.44. The molecule has 8 aromatic carbocycles. The summed E-state index contributed by atoms with van der Waals surface area (Å²) >= 11 is 1.83. The van der Waals surface area contributed by atoms with E-state index in [-0.39, 0.29) is 0 Å². The standard InChI is InChI=1S/C54H33N3S/c55-34-35-25-27-45-43(29-35)44-32-40(26-28-46(44)54(45)47-21-7-9-23-51(47)58-52-24-10-8-22-48(52)54)39-18-12-20-42(31-39)53-56-49(37-15-5-2-6-16-37)33-50(57-53)41-19-11-17-38(30-41)36-13-3-1-4-14-36/h1-33H. The van der Waals surface area contributed by atoms with Crippen LogP contribution in [0.15, 0.2) is 210 Å². The molecule has 1 aliphatic carbocycles. The molecule has 2 heterocycles. The summed E-state index contributed by atoms with van der Waals surface area (Å²) in [7, 11) is 0. The van der Waals surface area contributed by atoms with Gasteiger partial charge in [-0.3, -0.25) is 0 Å². The van der Waals surface area contributed by atoms with Crippen molar-refractivity contribution in [1.29, 1.82) is 5.26 Å². The lowest BCUT2D eigenvalue weighted by atomic mass is 9.67. The largest absolute Gasteiger partial charge is 0.228 e. The maximum absolute atomic E-state index is 10.1. The van der Waals surface area contributed by atoms with E-state index in [0.717, 1.165) is 61.5 Å². The van der Waals surface area contributed by atoms with Crippen LogP contribution in [0.5, 0.6) is 0 Å². The maximum Gasteiger partial charge on any atom is 0.160 e. The zero-order valence-corrected chi connectivity index (χ0v) is 32.1. The number of hydrogen-bond acceptors (Lipinski definition) is 4. The summed E-state index contributed by atoms with van der Waals surface area (Å²) in [6.45, 7) is 0. The van der Waals surface area contributed by atoms with Crippen molar-refractivity contribution in [3.63, 3.8) is 0 Å². The number of hydrogen-bond donors (Lipinski definition) is 0. The topological polar surface area (TPSA) is 49.6 Å². The van der Waals surface area contributed by atoms with Crippen LogP contribution in [-0.4, -0.2) is 9.97 Å². The Bertz CT molecular complexity index is 3060. The first-order chi connectivity index (χ1) is 28.7. The van der Waals surface area contributed by atoms with Gasteiger partial charge in [0.25, 0.3) is 0 Å². The van der Waals surface area contributed by atoms with Gasteiger partial charge in [-0.15, -0.1) is 0 Å². The summed E-state index contributed by atoms with van der Waals surface area (Å²) in [5, 5.41) is 10.1. The van der Waals surface area contributed by atoms with Gasteiger partial charge >= 0.3 is 0 Å². The van der Waals surface area contributed by atoms with E-state index in [0.29, 0.717) is 11.4 Å². The van der Waals surface area contributed by atoms with Gasteiger partial charge in [0.15, 0.2) is 5.82 Å². The third-order valence-corrected chi connectivity index (χ3v) is 12.7. The quantitative estimate of drug-likeness (QED) is 0.175. The number of fused-ring (bicyclic) bond motifs is 9. The van der Waals surface area contributed by atoms with E-state index < -0.39 is 5.41 Å². The van der Waals surface area contributed by atoms with Gasteiger partial charge in [-0.1, -0.05) is 163 Å². The average molecular weight is 756 g/mol. The summed E-state index contributed by atoms with van der Waals surface area (Å²) in [5.74, 6) is 0.667. The average Bonchev–Trinajstić information content (AvgIpc) is 3.58. The molecule has 0 unspecified atom stereocenters. The number of nitriles is 1. The molecule has 11 rings (SSSR count). The highest BCUT2D eigenvalue weighted by atomic mass is 32.2. The Morgan fingerprint density at radius 3 is 1.57 bits per heavy atom. The van der Waals surface area contributed by atoms with E-state index >= 15 is 0 Å². The monoisotopic (exact) mass is 755 g/mol. The molecule has 270 valence electrons. The fraction of sp³-hybridized carbons (Fsp3) is 0.0185. The van der Waals surface area contributed by atoms with Crippen LogP contribution in [0.2, 0.25) is 0 Å². The minimum absolute atomic E-state index is 0.503. The Morgan fingerprint density at radius 2 is 0.879 bits per heavy atom. The maximum atomic E-state index is 10.1. The summed E-state index contributed by atoms with van der Waals surface area (Å²) in [5.41, 5.74) is 16.6. The van der Waals surface area contributed by atoms with Gasteiger partial charge in [-0.2, -0.15) is 5.26 Å². The predicted octanol–water partition coefficient (Wildman–Crippen LogP) is 13.5. The second-order valence-electron chi connectivity index (χ2n) is 14.8. The molecule has 1 aliphatic heterocycles. The van der Waals surface area contributed by atoms with Crippen LogP contribution in [0.1, 0.15) is 27.8 Å². The minimum Gasteiger partial charge on any atom is -0.228 e. The van der Waals surface area contributed by atoms with Crippen molar-refractivity contribution < 1.29 is 0 Å². The van der Waals surface area contributed by atoms with Crippen molar-refractivity contribution in [2.45, 2.75) is 15.2 Å². The normalized spacial score (nSPS) is 12.9. The molecule has 0 amide bonds. The van der Waals surface area contributed by atoms with Crippen molar-refractivity contribution in [3.05, 3.63) is 228 Å². The lowest BCUT2D eigenvalue weighted by molar-refractivity contribution is 0.722. The second kappa shape index (κ2) is 13.7. The molecule has 0 atom stereocenters. The first kappa shape index (κ1) is 34.0. The Kier molecular flexibility index (Phi) is 8.03. The molecule has 0 bridgehead atoms. The van der Waals surface area contributed by atoms with Crippen LogP contribution in [0.4, 0.5) is 0 Å². The van der Waals surface area contributed by atoms with Gasteiger partial charge in [-0.05, 0) is 104 Å². The van der Waals surface area contributed by atoms with E-state index in [1.807, 2.05) is 42.1 Å². The molecule has 0 N–H and O–H groups in total. The van der Waals surface area contributed by atoms with E-state index in [9.17, 15) is 5.26 Å². The molecular weight excluding hydrogens is 723 g/mol. The highest BCUT2D eigenvalue weighted by Gasteiger charge is 2.50. The third-order valence-electron chi connectivity index (χ3n) is 11.6. The number of nitrogens with zero attached hydrogens (tertiary/aromatic N) is 3. The molecule has 0 saturated carbocycles. The predicted molar refractivity (Wildman–Crippen MR) is 235 cm³/mol. The fourth-order valence-electron chi connectivity index (χ4n) is 8.96. The van der Waals surface area contributed by atoms with Crippen molar-refractivity contribution in [3.8, 4) is 73.4 Å². The minimum atomic E-state index is -0.503. The molecule has 58 heavy (non-hydrogen) atoms. The highest BCUT2D eigenvalue weighted by molar-refractivity contribution is 7.99. The molecule has 0 saturated heterocycles. The highest BCUT2D eigenvalue weighted by Crippen LogP contribution is 2.62. The van der Waals surface area contributed by atoms with Crippen LogP contribution in [0, 0.1) is 11.3 Å².